The SMILES string of the molecule is COc1cccc(OC)c1C(=O)Nc1cccc(SCC(=O)Nc2nc(-c3ccc(Cl)c(Cl)c3)cs2)c1. The summed E-state index contributed by atoms with van der Waals surface area (Å²) in [4.78, 5) is 30.7. The van der Waals surface area contributed by atoms with E-state index in [1.807, 2.05) is 17.5 Å². The third-order valence-electron chi connectivity index (χ3n) is 5.08. The number of nitrogens with one attached hydrogen (secondary N) is 2. The van der Waals surface area contributed by atoms with E-state index in [1.54, 1.807) is 48.5 Å². The summed E-state index contributed by atoms with van der Waals surface area (Å²) in [5.41, 5.74) is 2.38. The second kappa shape index (κ2) is 12.3. The first-order chi connectivity index (χ1) is 17.9. The number of halogens is 2. The van der Waals surface area contributed by atoms with Gasteiger partial charge in [-0.25, -0.2) is 4.98 Å². The number of nitrogens with zero attached hydrogens (tertiary/aromatic N) is 1. The van der Waals surface area contributed by atoms with Gasteiger partial charge in [0, 0.05) is 21.5 Å². The predicted molar refractivity (Wildman–Crippen MR) is 151 cm³/mol. The second-order valence-corrected chi connectivity index (χ2v) is 10.2. The van der Waals surface area contributed by atoms with E-state index in [2.05, 4.69) is 15.6 Å². The molecule has 0 aliphatic heterocycles. The number of benzene rings is 3. The topological polar surface area (TPSA) is 89.5 Å². The number of ether oxygens (including phenoxy) is 2. The van der Waals surface area contributed by atoms with Crippen molar-refractivity contribution in [3.8, 4) is 22.8 Å². The molecule has 4 rings (SSSR count). The molecule has 1 aromatic heterocycles. The molecule has 0 radical (unpaired) electrons. The van der Waals surface area contributed by atoms with Crippen LogP contribution < -0.4 is 20.1 Å². The smallest absolute Gasteiger partial charge is 0.263 e. The number of methoxy groups -OCH3 is 2. The van der Waals surface area contributed by atoms with Crippen LogP contribution in [0.15, 0.2) is 70.9 Å². The zero-order chi connectivity index (χ0) is 26.4. The zero-order valence-corrected chi connectivity index (χ0v) is 22.9. The minimum absolute atomic E-state index is 0.166. The minimum atomic E-state index is -0.365. The molecule has 0 spiro atoms. The van der Waals surface area contributed by atoms with Gasteiger partial charge >= 0.3 is 0 Å². The molecular formula is C26H21Cl2N3O4S2. The van der Waals surface area contributed by atoms with Gasteiger partial charge in [-0.15, -0.1) is 23.1 Å². The van der Waals surface area contributed by atoms with Gasteiger partial charge in [0.2, 0.25) is 5.91 Å². The molecule has 0 unspecified atom stereocenters. The molecule has 0 saturated carbocycles. The first-order valence-corrected chi connectivity index (χ1v) is 13.5. The van der Waals surface area contributed by atoms with E-state index in [1.165, 1.54) is 37.3 Å². The van der Waals surface area contributed by atoms with Crippen LogP contribution in [0, 0.1) is 0 Å². The van der Waals surface area contributed by atoms with E-state index in [-0.39, 0.29) is 17.6 Å². The summed E-state index contributed by atoms with van der Waals surface area (Å²) in [6, 6.07) is 17.6. The monoisotopic (exact) mass is 573 g/mol. The number of carbonyl (C=O) groups excluding carboxylic acids is 2. The number of thioether (sulfide) groups is 1. The number of amides is 2. The van der Waals surface area contributed by atoms with Crippen LogP contribution in [0.5, 0.6) is 11.5 Å². The molecule has 1 heterocycles. The Kier molecular flexibility index (Phi) is 8.94. The Labute approximate surface area is 232 Å². The third kappa shape index (κ3) is 6.75. The highest BCUT2D eigenvalue weighted by Gasteiger charge is 2.18. The lowest BCUT2D eigenvalue weighted by atomic mass is 10.1. The van der Waals surface area contributed by atoms with Crippen molar-refractivity contribution in [3.63, 3.8) is 0 Å². The number of hydrogen-bond donors (Lipinski definition) is 2. The molecule has 0 bridgehead atoms. The number of thiazole rings is 1. The number of carbonyl (C=O) groups is 2. The van der Waals surface area contributed by atoms with Crippen LogP contribution in [-0.4, -0.2) is 36.8 Å². The van der Waals surface area contributed by atoms with Crippen LogP contribution in [0.1, 0.15) is 10.4 Å². The zero-order valence-electron chi connectivity index (χ0n) is 19.7. The Morgan fingerprint density at radius 1 is 0.946 bits per heavy atom. The van der Waals surface area contributed by atoms with E-state index in [0.29, 0.717) is 43.6 Å². The van der Waals surface area contributed by atoms with Gasteiger partial charge < -0.3 is 20.1 Å². The number of aromatic nitrogens is 1. The van der Waals surface area contributed by atoms with E-state index >= 15 is 0 Å². The van der Waals surface area contributed by atoms with E-state index in [0.717, 1.165) is 10.5 Å². The summed E-state index contributed by atoms with van der Waals surface area (Å²) < 4.78 is 10.6. The highest BCUT2D eigenvalue weighted by molar-refractivity contribution is 8.00. The van der Waals surface area contributed by atoms with Gasteiger partial charge in [0.25, 0.3) is 5.91 Å². The molecule has 37 heavy (non-hydrogen) atoms. The fraction of sp³-hybridized carbons (Fsp3) is 0.115. The Bertz CT molecular complexity index is 1420. The van der Waals surface area contributed by atoms with Crippen LogP contribution in [0.4, 0.5) is 10.8 Å². The van der Waals surface area contributed by atoms with E-state index in [9.17, 15) is 9.59 Å². The first-order valence-electron chi connectivity index (χ1n) is 10.8. The van der Waals surface area contributed by atoms with Crippen molar-refractivity contribution < 1.29 is 19.1 Å². The van der Waals surface area contributed by atoms with Gasteiger partial charge in [-0.1, -0.05) is 41.4 Å². The van der Waals surface area contributed by atoms with E-state index < -0.39 is 0 Å². The van der Waals surface area contributed by atoms with Crippen molar-refractivity contribution in [2.24, 2.45) is 0 Å². The van der Waals surface area contributed by atoms with Gasteiger partial charge in [-0.3, -0.25) is 9.59 Å². The summed E-state index contributed by atoms with van der Waals surface area (Å²) in [5.74, 6) is 0.412. The summed E-state index contributed by atoms with van der Waals surface area (Å²) in [5, 5.41) is 8.91. The normalized spacial score (nSPS) is 10.6. The van der Waals surface area contributed by atoms with Gasteiger partial charge in [-0.05, 0) is 42.5 Å². The molecule has 0 atom stereocenters. The average Bonchev–Trinajstić information content (AvgIpc) is 3.37. The lowest BCUT2D eigenvalue weighted by Gasteiger charge is -2.13. The Hall–Kier alpha value is -3.24. The van der Waals surface area contributed by atoms with Crippen molar-refractivity contribution in [1.29, 1.82) is 0 Å². The van der Waals surface area contributed by atoms with Crippen LogP contribution in [-0.2, 0) is 4.79 Å². The fourth-order valence-corrected chi connectivity index (χ4v) is 5.14. The van der Waals surface area contributed by atoms with Gasteiger partial charge in [-0.2, -0.15) is 0 Å². The molecule has 11 heteroatoms. The molecule has 190 valence electrons. The summed E-state index contributed by atoms with van der Waals surface area (Å²) in [7, 11) is 2.99. The average molecular weight is 575 g/mol. The quantitative estimate of drug-likeness (QED) is 0.207. The van der Waals surface area contributed by atoms with Crippen LogP contribution in [0.3, 0.4) is 0 Å². The number of anilines is 2. The highest BCUT2D eigenvalue weighted by atomic mass is 35.5. The van der Waals surface area contributed by atoms with Crippen molar-refractivity contribution in [2.45, 2.75) is 4.90 Å². The standard InChI is InChI=1S/C26H21Cl2N3O4S2/c1-34-21-7-4-8-22(35-2)24(21)25(33)29-16-5-3-6-17(12-16)36-14-23(32)31-26-30-20(13-37-26)15-9-10-18(27)19(28)11-15/h3-13H,14H2,1-2H3,(H,29,33)(H,30,31,32). The molecule has 0 fully saturated rings. The van der Waals surface area contributed by atoms with E-state index in [4.69, 9.17) is 32.7 Å². The summed E-state index contributed by atoms with van der Waals surface area (Å²) in [6.07, 6.45) is 0. The lowest BCUT2D eigenvalue weighted by Crippen LogP contribution is -2.15. The third-order valence-corrected chi connectivity index (χ3v) is 7.57. The van der Waals surface area contributed by atoms with Crippen molar-refractivity contribution in [1.82, 2.24) is 4.98 Å². The maximum atomic E-state index is 12.9. The van der Waals surface area contributed by atoms with Gasteiger partial charge in [0.05, 0.1) is 35.7 Å². The largest absolute Gasteiger partial charge is 0.496 e. The van der Waals surface area contributed by atoms with Gasteiger partial charge in [0.15, 0.2) is 5.13 Å². The lowest BCUT2D eigenvalue weighted by molar-refractivity contribution is -0.113. The van der Waals surface area contributed by atoms with Gasteiger partial charge in [0.1, 0.15) is 17.1 Å². The molecule has 0 aliphatic carbocycles. The predicted octanol–water partition coefficient (Wildman–Crippen LogP) is 7.12. The maximum Gasteiger partial charge on any atom is 0.263 e. The Morgan fingerprint density at radius 3 is 2.38 bits per heavy atom. The second-order valence-electron chi connectivity index (χ2n) is 7.52. The molecular weight excluding hydrogens is 553 g/mol. The minimum Gasteiger partial charge on any atom is -0.496 e. The number of hydrogen-bond acceptors (Lipinski definition) is 7. The fourth-order valence-electron chi connectivity index (χ4n) is 3.36. The number of rotatable bonds is 9. The Balaban J connectivity index is 1.36. The van der Waals surface area contributed by atoms with Crippen molar-refractivity contribution >= 4 is 68.9 Å². The summed E-state index contributed by atoms with van der Waals surface area (Å²) >= 11 is 14.7. The summed E-state index contributed by atoms with van der Waals surface area (Å²) in [6.45, 7) is 0. The van der Waals surface area contributed by atoms with Crippen LogP contribution in [0.2, 0.25) is 10.0 Å². The maximum absolute atomic E-state index is 12.9. The van der Waals surface area contributed by atoms with Crippen molar-refractivity contribution in [2.75, 3.05) is 30.6 Å². The first kappa shape index (κ1) is 26.8. The molecule has 3 aromatic carbocycles. The molecule has 2 N–H and O–H groups in total. The highest BCUT2D eigenvalue weighted by Crippen LogP contribution is 2.32. The Morgan fingerprint density at radius 2 is 1.68 bits per heavy atom. The van der Waals surface area contributed by atoms with Crippen molar-refractivity contribution in [3.05, 3.63) is 81.7 Å². The molecule has 2 amide bonds. The molecule has 7 nitrogen and oxygen atoms in total. The molecule has 0 aliphatic rings. The van der Waals surface area contributed by atoms with Crippen LogP contribution in [0.25, 0.3) is 11.3 Å². The molecule has 4 aromatic rings. The van der Waals surface area contributed by atoms with Crippen LogP contribution >= 0.6 is 46.3 Å². The molecule has 0 saturated heterocycles.